The molecule has 0 aliphatic heterocycles. The third-order valence-electron chi connectivity index (χ3n) is 7.70. The zero-order valence-electron chi connectivity index (χ0n) is 27.0. The van der Waals surface area contributed by atoms with E-state index in [0.29, 0.717) is 25.7 Å². The summed E-state index contributed by atoms with van der Waals surface area (Å²) in [5.74, 6) is -3.76. The van der Waals surface area contributed by atoms with Crippen LogP contribution < -0.4 is 16.0 Å². The second-order valence-electron chi connectivity index (χ2n) is 12.0. The molecule has 12 heteroatoms. The number of aromatic nitrogens is 1. The highest BCUT2D eigenvalue weighted by Crippen LogP contribution is 2.19. The molecule has 1 unspecified atom stereocenters. The topological polar surface area (TPSA) is 175 Å². The first kappa shape index (κ1) is 37.8. The molecule has 0 aliphatic rings. The number of pyridine rings is 1. The number of nitrogens with one attached hydrogen (secondary N) is 3. The Bertz CT molecular complexity index is 1300. The van der Waals surface area contributed by atoms with Gasteiger partial charge in [0.15, 0.2) is 9.84 Å². The monoisotopic (exact) mass is 646 g/mol. The van der Waals surface area contributed by atoms with E-state index in [1.54, 1.807) is 12.1 Å². The summed E-state index contributed by atoms with van der Waals surface area (Å²) in [6.45, 7) is 9.21. The summed E-state index contributed by atoms with van der Waals surface area (Å²) in [6.07, 6.45) is 0.626. The van der Waals surface area contributed by atoms with Crippen LogP contribution in [0.4, 0.5) is 0 Å². The molecule has 5 atom stereocenters. The standard InChI is InChI=1S/C33H50N4O7S/c1-6-13-25(14-7-2)45(43,44)21-28(37-32(41)26-17-11-12-18-34-26)33(42)36-27(19-22(3)4)30(39)29(38)23(5)31(40)35-20-24-15-9-8-10-16-24/h8-12,15-18,22-23,25,27-30,38-39H,6-7,13-14,19-21H2,1-5H3,(H,35,40)(H,36,42)(H,37,41)/t23-,27+,28?,29-,30-/m1/s1. The van der Waals surface area contributed by atoms with Crippen molar-refractivity contribution in [2.45, 2.75) is 103 Å². The van der Waals surface area contributed by atoms with Crippen LogP contribution in [0.15, 0.2) is 54.7 Å². The third kappa shape index (κ3) is 12.2. The summed E-state index contributed by atoms with van der Waals surface area (Å²) >= 11 is 0. The van der Waals surface area contributed by atoms with Gasteiger partial charge in [-0.3, -0.25) is 19.4 Å². The molecule has 0 aliphatic carbocycles. The van der Waals surface area contributed by atoms with Crippen molar-refractivity contribution in [1.29, 1.82) is 0 Å². The number of aliphatic hydroxyl groups excluding tert-OH is 2. The Morgan fingerprint density at radius 3 is 2.02 bits per heavy atom. The molecule has 250 valence electrons. The Labute approximate surface area is 267 Å². The average Bonchev–Trinajstić information content (AvgIpc) is 3.02. The smallest absolute Gasteiger partial charge is 0.270 e. The lowest BCUT2D eigenvalue weighted by molar-refractivity contribution is -0.133. The number of hydrogen-bond acceptors (Lipinski definition) is 8. The van der Waals surface area contributed by atoms with Crippen molar-refractivity contribution in [3.8, 4) is 0 Å². The van der Waals surface area contributed by atoms with Crippen LogP contribution in [0.5, 0.6) is 0 Å². The number of carbonyl (C=O) groups excluding carboxylic acids is 3. The Hall–Kier alpha value is -3.35. The van der Waals surface area contributed by atoms with Crippen molar-refractivity contribution < 1.29 is 33.0 Å². The van der Waals surface area contributed by atoms with Gasteiger partial charge in [0.05, 0.1) is 29.1 Å². The Morgan fingerprint density at radius 1 is 0.844 bits per heavy atom. The number of nitrogens with zero attached hydrogens (tertiary/aromatic N) is 1. The van der Waals surface area contributed by atoms with E-state index < -0.39 is 68.8 Å². The molecule has 0 fully saturated rings. The van der Waals surface area contributed by atoms with Crippen LogP contribution in [-0.2, 0) is 26.0 Å². The van der Waals surface area contributed by atoms with E-state index in [2.05, 4.69) is 20.9 Å². The van der Waals surface area contributed by atoms with Gasteiger partial charge in [0.2, 0.25) is 11.8 Å². The lowest BCUT2D eigenvalue weighted by Crippen LogP contribution is -2.58. The van der Waals surface area contributed by atoms with Crippen LogP contribution in [0.1, 0.15) is 82.8 Å². The van der Waals surface area contributed by atoms with Gasteiger partial charge < -0.3 is 26.2 Å². The molecule has 0 spiro atoms. The number of hydrogen-bond donors (Lipinski definition) is 5. The predicted octanol–water partition coefficient (Wildman–Crippen LogP) is 2.77. The molecule has 2 aromatic rings. The summed E-state index contributed by atoms with van der Waals surface area (Å²) in [5.41, 5.74) is 0.878. The van der Waals surface area contributed by atoms with Crippen molar-refractivity contribution in [1.82, 2.24) is 20.9 Å². The first-order valence-corrected chi connectivity index (χ1v) is 17.4. The van der Waals surface area contributed by atoms with Crippen LogP contribution in [0, 0.1) is 11.8 Å². The largest absolute Gasteiger partial charge is 0.390 e. The van der Waals surface area contributed by atoms with Gasteiger partial charge in [0.1, 0.15) is 17.8 Å². The van der Waals surface area contributed by atoms with E-state index in [1.807, 2.05) is 58.0 Å². The van der Waals surface area contributed by atoms with Crippen molar-refractivity contribution in [3.63, 3.8) is 0 Å². The Kier molecular flexibility index (Phi) is 15.6. The first-order chi connectivity index (χ1) is 21.3. The molecule has 0 radical (unpaired) electrons. The van der Waals surface area contributed by atoms with Crippen LogP contribution in [-0.4, -0.2) is 76.6 Å². The van der Waals surface area contributed by atoms with Gasteiger partial charge in [-0.25, -0.2) is 8.42 Å². The molecule has 0 saturated heterocycles. The third-order valence-corrected chi connectivity index (χ3v) is 9.98. The summed E-state index contributed by atoms with van der Waals surface area (Å²) in [6, 6.07) is 11.4. The lowest BCUT2D eigenvalue weighted by atomic mass is 9.89. The summed E-state index contributed by atoms with van der Waals surface area (Å²) in [4.78, 5) is 43.6. The second-order valence-corrected chi connectivity index (χ2v) is 14.3. The first-order valence-electron chi connectivity index (χ1n) is 15.7. The number of benzene rings is 1. The molecule has 0 saturated carbocycles. The van der Waals surface area contributed by atoms with Gasteiger partial charge in [0.25, 0.3) is 5.91 Å². The van der Waals surface area contributed by atoms with Crippen LogP contribution >= 0.6 is 0 Å². The molecule has 0 bridgehead atoms. The van der Waals surface area contributed by atoms with Gasteiger partial charge in [-0.2, -0.15) is 0 Å². The van der Waals surface area contributed by atoms with Gasteiger partial charge in [-0.1, -0.05) is 83.9 Å². The number of carbonyl (C=O) groups is 3. The van der Waals surface area contributed by atoms with Gasteiger partial charge in [0, 0.05) is 12.7 Å². The highest BCUT2D eigenvalue weighted by molar-refractivity contribution is 7.92. The average molecular weight is 647 g/mol. The summed E-state index contributed by atoms with van der Waals surface area (Å²) in [5, 5.41) is 29.5. The van der Waals surface area contributed by atoms with Crippen molar-refractivity contribution in [2.24, 2.45) is 11.8 Å². The zero-order valence-corrected chi connectivity index (χ0v) is 27.8. The van der Waals surface area contributed by atoms with Crippen molar-refractivity contribution in [2.75, 3.05) is 5.75 Å². The minimum Gasteiger partial charge on any atom is -0.390 e. The molecule has 2 rings (SSSR count). The van der Waals surface area contributed by atoms with E-state index in [-0.39, 0.29) is 24.6 Å². The minimum atomic E-state index is -3.83. The Balaban J connectivity index is 2.28. The SMILES string of the molecule is CCCC(CCC)S(=O)(=O)CC(NC(=O)c1ccccn1)C(=O)N[C@@H](CC(C)C)[C@@H](O)[C@H](O)[C@@H](C)C(=O)NCc1ccccc1. The zero-order chi connectivity index (χ0) is 33.6. The highest BCUT2D eigenvalue weighted by Gasteiger charge is 2.38. The fourth-order valence-electron chi connectivity index (χ4n) is 5.14. The number of rotatable bonds is 19. The van der Waals surface area contributed by atoms with Crippen LogP contribution in [0.25, 0.3) is 0 Å². The van der Waals surface area contributed by atoms with Gasteiger partial charge >= 0.3 is 0 Å². The van der Waals surface area contributed by atoms with Crippen molar-refractivity contribution >= 4 is 27.6 Å². The molecule has 1 heterocycles. The molecule has 1 aromatic carbocycles. The fourth-order valence-corrected chi connectivity index (χ4v) is 7.30. The maximum Gasteiger partial charge on any atom is 0.270 e. The van der Waals surface area contributed by atoms with Crippen LogP contribution in [0.3, 0.4) is 0 Å². The minimum absolute atomic E-state index is 0.0101. The Morgan fingerprint density at radius 2 is 1.47 bits per heavy atom. The lowest BCUT2D eigenvalue weighted by Gasteiger charge is -2.32. The maximum atomic E-state index is 13.7. The second kappa shape index (κ2) is 18.6. The number of amides is 3. The van der Waals surface area contributed by atoms with E-state index in [4.69, 9.17) is 0 Å². The van der Waals surface area contributed by atoms with E-state index in [9.17, 15) is 33.0 Å². The predicted molar refractivity (Wildman–Crippen MR) is 174 cm³/mol. The summed E-state index contributed by atoms with van der Waals surface area (Å²) < 4.78 is 27.0. The quantitative estimate of drug-likeness (QED) is 0.155. The van der Waals surface area contributed by atoms with E-state index >= 15 is 0 Å². The highest BCUT2D eigenvalue weighted by atomic mass is 32.2. The molecule has 3 amide bonds. The van der Waals surface area contributed by atoms with Crippen molar-refractivity contribution in [3.05, 3.63) is 66.0 Å². The molecule has 1 aromatic heterocycles. The normalized spacial score (nSPS) is 15.1. The van der Waals surface area contributed by atoms with Crippen LogP contribution in [0.2, 0.25) is 0 Å². The summed E-state index contributed by atoms with van der Waals surface area (Å²) in [7, 11) is -3.83. The molecule has 11 nitrogen and oxygen atoms in total. The molecule has 5 N–H and O–H groups in total. The van der Waals surface area contributed by atoms with Gasteiger partial charge in [-0.15, -0.1) is 0 Å². The molecule has 45 heavy (non-hydrogen) atoms. The number of aliphatic hydroxyl groups is 2. The maximum absolute atomic E-state index is 13.7. The van der Waals surface area contributed by atoms with E-state index in [0.717, 1.165) is 5.56 Å². The fraction of sp³-hybridized carbons (Fsp3) is 0.576. The molecular weight excluding hydrogens is 596 g/mol. The number of sulfone groups is 1. The van der Waals surface area contributed by atoms with E-state index in [1.165, 1.54) is 19.2 Å². The van der Waals surface area contributed by atoms with Gasteiger partial charge in [-0.05, 0) is 42.9 Å². The molecular formula is C33H50N4O7S.